The van der Waals surface area contributed by atoms with Crippen LogP contribution in [-0.2, 0) is 6.42 Å². The first-order valence-electron chi connectivity index (χ1n) is 10.5. The molecule has 0 bridgehead atoms. The smallest absolute Gasteiger partial charge is 0.258 e. The molecule has 0 fully saturated rings. The third-order valence-corrected chi connectivity index (χ3v) is 4.67. The van der Waals surface area contributed by atoms with Gasteiger partial charge in [-0.2, -0.15) is 10.2 Å². The highest BCUT2D eigenvalue weighted by Crippen LogP contribution is 2.30. The highest BCUT2D eigenvalue weighted by Gasteiger charge is 2.16. The molecule has 0 aliphatic rings. The number of aryl methyl sites for hydroxylation is 1. The van der Waals surface area contributed by atoms with E-state index in [4.69, 9.17) is 14.0 Å². The van der Waals surface area contributed by atoms with Gasteiger partial charge in [0.25, 0.3) is 5.89 Å². The molecule has 0 amide bonds. The summed E-state index contributed by atoms with van der Waals surface area (Å²) in [6.07, 6.45) is 1.74. The molecule has 0 atom stereocenters. The summed E-state index contributed by atoms with van der Waals surface area (Å²) < 4.78 is 17.0. The Kier molecular flexibility index (Phi) is 7.63. The molecule has 0 radical (unpaired) electrons. The Morgan fingerprint density at radius 2 is 2.03 bits per heavy atom. The first-order valence-corrected chi connectivity index (χ1v) is 10.5. The minimum atomic E-state index is -0.0179. The number of benzene rings is 2. The van der Waals surface area contributed by atoms with Gasteiger partial charge in [-0.05, 0) is 82.2 Å². The van der Waals surface area contributed by atoms with E-state index in [1.165, 1.54) is 0 Å². The van der Waals surface area contributed by atoms with Crippen molar-refractivity contribution in [2.24, 2.45) is 0 Å². The minimum Gasteiger partial charge on any atom is -0.494 e. The van der Waals surface area contributed by atoms with Crippen molar-refractivity contribution >= 4 is 0 Å². The number of rotatable bonds is 10. The van der Waals surface area contributed by atoms with Gasteiger partial charge in [-0.3, -0.25) is 0 Å². The zero-order valence-electron chi connectivity index (χ0n) is 18.4. The van der Waals surface area contributed by atoms with Crippen molar-refractivity contribution < 1.29 is 14.0 Å². The van der Waals surface area contributed by atoms with Crippen LogP contribution in [0.15, 0.2) is 40.9 Å². The number of hydrogen-bond donors (Lipinski definition) is 1. The molecule has 0 aliphatic carbocycles. The second-order valence-corrected chi connectivity index (χ2v) is 7.39. The van der Waals surface area contributed by atoms with Crippen LogP contribution in [0.25, 0.3) is 22.8 Å². The molecular weight excluding hydrogens is 392 g/mol. The SMILES string of the molecule is CCc1cc(OCCCNC)ccc1-c1noc(-c2ccc(OC(C)C)c(C#N)c2)n1. The summed E-state index contributed by atoms with van der Waals surface area (Å²) in [6, 6.07) is 13.4. The highest BCUT2D eigenvalue weighted by molar-refractivity contribution is 5.65. The Morgan fingerprint density at radius 3 is 2.74 bits per heavy atom. The second kappa shape index (κ2) is 10.6. The van der Waals surface area contributed by atoms with Gasteiger partial charge in [0.15, 0.2) is 0 Å². The molecule has 1 aromatic heterocycles. The standard InChI is InChI=1S/C24H28N4O3/c1-5-17-14-20(29-12-6-11-26-4)8-9-21(17)23-27-24(31-28-23)18-7-10-22(30-16(2)3)19(13-18)15-25/h7-10,13-14,16,26H,5-6,11-12H2,1-4H3. The zero-order chi connectivity index (χ0) is 22.2. The second-order valence-electron chi connectivity index (χ2n) is 7.39. The molecule has 162 valence electrons. The van der Waals surface area contributed by atoms with Gasteiger partial charge < -0.3 is 19.3 Å². The lowest BCUT2D eigenvalue weighted by Crippen LogP contribution is -2.11. The van der Waals surface area contributed by atoms with Crippen LogP contribution in [0.4, 0.5) is 0 Å². The maximum Gasteiger partial charge on any atom is 0.258 e. The highest BCUT2D eigenvalue weighted by atomic mass is 16.5. The van der Waals surface area contributed by atoms with Crippen LogP contribution >= 0.6 is 0 Å². The van der Waals surface area contributed by atoms with E-state index in [1.807, 2.05) is 45.2 Å². The molecule has 3 rings (SSSR count). The molecule has 0 saturated carbocycles. The van der Waals surface area contributed by atoms with Crippen LogP contribution in [0, 0.1) is 11.3 Å². The van der Waals surface area contributed by atoms with Crippen LogP contribution in [0.5, 0.6) is 11.5 Å². The number of ether oxygens (including phenoxy) is 2. The van der Waals surface area contributed by atoms with Crippen molar-refractivity contribution in [2.45, 2.75) is 39.7 Å². The van der Waals surface area contributed by atoms with Crippen LogP contribution in [-0.4, -0.2) is 36.4 Å². The summed E-state index contributed by atoms with van der Waals surface area (Å²) in [7, 11) is 1.93. The first-order chi connectivity index (χ1) is 15.0. The van der Waals surface area contributed by atoms with Crippen molar-refractivity contribution in [3.63, 3.8) is 0 Å². The molecule has 7 nitrogen and oxygen atoms in total. The number of hydrogen-bond acceptors (Lipinski definition) is 7. The molecule has 0 aliphatic heterocycles. The van der Waals surface area contributed by atoms with Gasteiger partial charge in [-0.25, -0.2) is 0 Å². The lowest BCUT2D eigenvalue weighted by atomic mass is 10.0. The fraction of sp³-hybridized carbons (Fsp3) is 0.375. The number of nitrogens with one attached hydrogen (secondary N) is 1. The number of nitriles is 1. The Labute approximate surface area is 183 Å². The topological polar surface area (TPSA) is 93.2 Å². The lowest BCUT2D eigenvalue weighted by molar-refractivity contribution is 0.241. The van der Waals surface area contributed by atoms with E-state index in [-0.39, 0.29) is 6.10 Å². The largest absolute Gasteiger partial charge is 0.494 e. The molecule has 1 N–H and O–H groups in total. The van der Waals surface area contributed by atoms with Crippen molar-refractivity contribution in [2.75, 3.05) is 20.2 Å². The zero-order valence-corrected chi connectivity index (χ0v) is 18.4. The normalized spacial score (nSPS) is 10.8. The quantitative estimate of drug-likeness (QED) is 0.479. The van der Waals surface area contributed by atoms with Crippen molar-refractivity contribution in [1.82, 2.24) is 15.5 Å². The summed E-state index contributed by atoms with van der Waals surface area (Å²) >= 11 is 0. The van der Waals surface area contributed by atoms with E-state index in [0.717, 1.165) is 36.3 Å². The number of nitrogens with zero attached hydrogens (tertiary/aromatic N) is 3. The predicted molar refractivity (Wildman–Crippen MR) is 119 cm³/mol. The van der Waals surface area contributed by atoms with Crippen LogP contribution < -0.4 is 14.8 Å². The van der Waals surface area contributed by atoms with Gasteiger partial charge in [-0.15, -0.1) is 0 Å². The van der Waals surface area contributed by atoms with Crippen LogP contribution in [0.1, 0.15) is 38.3 Å². The Morgan fingerprint density at radius 1 is 1.19 bits per heavy atom. The molecular formula is C24H28N4O3. The van der Waals surface area contributed by atoms with Gasteiger partial charge in [0.2, 0.25) is 5.82 Å². The fourth-order valence-corrected chi connectivity index (χ4v) is 3.17. The van der Waals surface area contributed by atoms with Gasteiger partial charge in [0.05, 0.1) is 18.3 Å². The van der Waals surface area contributed by atoms with E-state index in [2.05, 4.69) is 28.5 Å². The van der Waals surface area contributed by atoms with Crippen LogP contribution in [0.2, 0.25) is 0 Å². The van der Waals surface area contributed by atoms with E-state index < -0.39 is 0 Å². The Hall–Kier alpha value is -3.37. The molecule has 0 unspecified atom stereocenters. The van der Waals surface area contributed by atoms with Gasteiger partial charge >= 0.3 is 0 Å². The maximum absolute atomic E-state index is 9.46. The molecule has 0 spiro atoms. The van der Waals surface area contributed by atoms with E-state index in [9.17, 15) is 5.26 Å². The van der Waals surface area contributed by atoms with Crippen molar-refractivity contribution in [1.29, 1.82) is 5.26 Å². The van der Waals surface area contributed by atoms with Gasteiger partial charge in [-0.1, -0.05) is 12.1 Å². The van der Waals surface area contributed by atoms with Crippen LogP contribution in [0.3, 0.4) is 0 Å². The molecule has 31 heavy (non-hydrogen) atoms. The molecule has 0 saturated heterocycles. The average molecular weight is 421 g/mol. The first kappa shape index (κ1) is 22.3. The van der Waals surface area contributed by atoms with E-state index in [0.29, 0.717) is 35.2 Å². The van der Waals surface area contributed by atoms with Crippen molar-refractivity contribution in [3.05, 3.63) is 47.5 Å². The minimum absolute atomic E-state index is 0.0179. The maximum atomic E-state index is 9.46. The number of aromatic nitrogens is 2. The summed E-state index contributed by atoms with van der Waals surface area (Å²) in [5.41, 5.74) is 3.09. The molecule has 3 aromatic rings. The molecule has 1 heterocycles. The fourth-order valence-electron chi connectivity index (χ4n) is 3.17. The summed E-state index contributed by atoms with van der Waals surface area (Å²) in [5.74, 6) is 2.24. The third-order valence-electron chi connectivity index (χ3n) is 4.67. The average Bonchev–Trinajstić information content (AvgIpc) is 3.26. The van der Waals surface area contributed by atoms with E-state index in [1.54, 1.807) is 12.1 Å². The van der Waals surface area contributed by atoms with Gasteiger partial charge in [0, 0.05) is 11.1 Å². The summed E-state index contributed by atoms with van der Waals surface area (Å²) in [4.78, 5) is 4.56. The van der Waals surface area contributed by atoms with Crippen molar-refractivity contribution in [3.8, 4) is 40.4 Å². The third kappa shape index (κ3) is 5.62. The Balaban J connectivity index is 1.82. The molecule has 2 aromatic carbocycles. The monoisotopic (exact) mass is 420 g/mol. The van der Waals surface area contributed by atoms with E-state index >= 15 is 0 Å². The summed E-state index contributed by atoms with van der Waals surface area (Å²) in [6.45, 7) is 7.50. The Bertz CT molecular complexity index is 1050. The predicted octanol–water partition coefficient (Wildman–Crippen LogP) is 4.61. The van der Waals surface area contributed by atoms with Gasteiger partial charge in [0.1, 0.15) is 17.6 Å². The summed E-state index contributed by atoms with van der Waals surface area (Å²) in [5, 5.41) is 16.7. The lowest BCUT2D eigenvalue weighted by Gasteiger charge is -2.11. The molecule has 7 heteroatoms.